The third-order valence-electron chi connectivity index (χ3n) is 4.11. The van der Waals surface area contributed by atoms with Gasteiger partial charge in [0.1, 0.15) is 5.35 Å². The van der Waals surface area contributed by atoms with Gasteiger partial charge in [0.25, 0.3) is 5.56 Å². The van der Waals surface area contributed by atoms with Crippen molar-refractivity contribution in [1.82, 2.24) is 15.2 Å². The molecule has 0 unspecified atom stereocenters. The smallest absolute Gasteiger partial charge is 0.340 e. The van der Waals surface area contributed by atoms with Crippen LogP contribution in [-0.2, 0) is 20.7 Å². The fourth-order valence-electron chi connectivity index (χ4n) is 2.83. The van der Waals surface area contributed by atoms with Gasteiger partial charge in [-0.15, -0.1) is 0 Å². The first kappa shape index (κ1) is 19.9. The third-order valence-corrected chi connectivity index (χ3v) is 4.11. The average Bonchev–Trinajstić information content (AvgIpc) is 3.43. The highest BCUT2D eigenvalue weighted by atomic mass is 16.5. The molecule has 0 bridgehead atoms. The Labute approximate surface area is 163 Å². The van der Waals surface area contributed by atoms with Crippen LogP contribution in [0.4, 0.5) is 0 Å². The number of hydrogen-bond acceptors (Lipinski definition) is 8. The number of carbonyl (C=O) groups excluding carboxylic acids is 2. The van der Waals surface area contributed by atoms with Crippen molar-refractivity contribution < 1.29 is 23.8 Å². The summed E-state index contributed by atoms with van der Waals surface area (Å²) in [5, 5.41) is 5.72. The Bertz CT molecular complexity index is 1170. The quantitative estimate of drug-likeness (QED) is 0.527. The standard InChI is InChI=1S/C18H19N5O6/c1-4-29-17-9(8-12(24)27-2)13(18(26)28-3)11(21-17)7-10-14(22-23-16(10)25)15-19-5-6-20-15/h5-7,21-22H,4,8H2,1-3H3,(H,23,25). The molecule has 1 aliphatic rings. The summed E-state index contributed by atoms with van der Waals surface area (Å²) < 4.78 is 15.1. The second kappa shape index (κ2) is 8.42. The van der Waals surface area contributed by atoms with Gasteiger partial charge in [-0.25, -0.2) is 14.8 Å². The predicted octanol–water partition coefficient (Wildman–Crippen LogP) is -1.02. The Morgan fingerprint density at radius 2 is 1.86 bits per heavy atom. The normalized spacial score (nSPS) is 13.2. The summed E-state index contributed by atoms with van der Waals surface area (Å²) in [4.78, 5) is 47.7. The van der Waals surface area contributed by atoms with E-state index in [1.165, 1.54) is 32.7 Å². The van der Waals surface area contributed by atoms with Gasteiger partial charge in [0, 0.05) is 18.0 Å². The number of H-pyrrole nitrogens is 3. The van der Waals surface area contributed by atoms with Gasteiger partial charge in [0.15, 0.2) is 11.7 Å². The fraction of sp³-hybridized carbons (Fsp3) is 0.278. The number of methoxy groups -OCH3 is 2. The summed E-state index contributed by atoms with van der Waals surface area (Å²) in [6, 6.07) is 0. The molecule has 0 aliphatic carbocycles. The Hall–Kier alpha value is -3.89. The van der Waals surface area contributed by atoms with Crippen LogP contribution in [0, 0.1) is 0 Å². The van der Waals surface area contributed by atoms with Crippen LogP contribution >= 0.6 is 0 Å². The molecule has 3 N–H and O–H groups in total. The Morgan fingerprint density at radius 3 is 2.48 bits per heavy atom. The molecular weight excluding hydrogens is 382 g/mol. The van der Waals surface area contributed by atoms with Crippen LogP contribution < -0.4 is 20.9 Å². The number of aliphatic imine (C=N–C) groups is 2. The first-order chi connectivity index (χ1) is 14.0. The van der Waals surface area contributed by atoms with Crippen molar-refractivity contribution in [2.45, 2.75) is 13.3 Å². The zero-order valence-electron chi connectivity index (χ0n) is 16.0. The SMILES string of the molecule is CCOc1[nH]c(C=c2c(=O)[nH][nH]c2=C2N=CC=N2)c(C(=O)OC)c1CC(=O)OC. The lowest BCUT2D eigenvalue weighted by Gasteiger charge is -2.06. The van der Waals surface area contributed by atoms with Gasteiger partial charge in [-0.1, -0.05) is 0 Å². The van der Waals surface area contributed by atoms with Crippen molar-refractivity contribution in [2.24, 2.45) is 9.98 Å². The fourth-order valence-corrected chi connectivity index (χ4v) is 2.83. The van der Waals surface area contributed by atoms with Crippen LogP contribution in [0.25, 0.3) is 11.9 Å². The molecule has 0 saturated heterocycles. The number of carbonyl (C=O) groups is 2. The molecular formula is C18H19N5O6. The van der Waals surface area contributed by atoms with E-state index in [9.17, 15) is 14.4 Å². The average molecular weight is 401 g/mol. The van der Waals surface area contributed by atoms with Gasteiger partial charge in [0.2, 0.25) is 0 Å². The molecule has 2 aromatic rings. The second-order valence-electron chi connectivity index (χ2n) is 5.79. The van der Waals surface area contributed by atoms with E-state index in [1.54, 1.807) is 6.92 Å². The topological polar surface area (TPSA) is 151 Å². The molecule has 0 spiro atoms. The summed E-state index contributed by atoms with van der Waals surface area (Å²) in [7, 11) is 2.46. The highest BCUT2D eigenvalue weighted by Gasteiger charge is 2.26. The summed E-state index contributed by atoms with van der Waals surface area (Å²) in [5.41, 5.74) is 0.131. The molecule has 3 heterocycles. The monoisotopic (exact) mass is 401 g/mol. The van der Waals surface area contributed by atoms with Crippen molar-refractivity contribution in [3.63, 3.8) is 0 Å². The van der Waals surface area contributed by atoms with E-state index in [1.807, 2.05) is 0 Å². The molecule has 11 heteroatoms. The lowest BCUT2D eigenvalue weighted by atomic mass is 10.1. The Kier molecular flexibility index (Phi) is 5.77. The first-order valence-corrected chi connectivity index (χ1v) is 8.62. The van der Waals surface area contributed by atoms with E-state index in [4.69, 9.17) is 14.2 Å². The van der Waals surface area contributed by atoms with Gasteiger partial charge in [-0.2, -0.15) is 0 Å². The van der Waals surface area contributed by atoms with Crippen molar-refractivity contribution in [1.29, 1.82) is 0 Å². The van der Waals surface area contributed by atoms with Gasteiger partial charge in [-0.05, 0) is 13.0 Å². The molecule has 11 nitrogen and oxygen atoms in total. The predicted molar refractivity (Wildman–Crippen MR) is 104 cm³/mol. The Balaban J connectivity index is 2.30. The highest BCUT2D eigenvalue weighted by molar-refractivity contribution is 6.20. The van der Waals surface area contributed by atoms with Crippen LogP contribution in [0.5, 0.6) is 5.88 Å². The molecule has 1 aliphatic heterocycles. The molecule has 2 aromatic heterocycles. The third kappa shape index (κ3) is 3.88. The van der Waals surface area contributed by atoms with E-state index in [0.29, 0.717) is 11.2 Å². The minimum absolute atomic E-state index is 0.0660. The van der Waals surface area contributed by atoms with E-state index < -0.39 is 17.5 Å². The minimum atomic E-state index is -0.699. The largest absolute Gasteiger partial charge is 0.479 e. The number of aromatic amines is 3. The van der Waals surface area contributed by atoms with Crippen molar-refractivity contribution in [3.05, 3.63) is 37.7 Å². The number of hydrogen-bond donors (Lipinski definition) is 3. The molecule has 0 amide bonds. The maximum absolute atomic E-state index is 12.5. The lowest BCUT2D eigenvalue weighted by molar-refractivity contribution is -0.139. The number of rotatable bonds is 6. The zero-order chi connectivity index (χ0) is 21.0. The summed E-state index contributed by atoms with van der Waals surface area (Å²) in [6.07, 6.45) is 4.20. The van der Waals surface area contributed by atoms with Crippen LogP contribution in [0.2, 0.25) is 0 Å². The molecule has 0 fully saturated rings. The van der Waals surface area contributed by atoms with E-state index in [2.05, 4.69) is 25.2 Å². The van der Waals surface area contributed by atoms with Crippen molar-refractivity contribution >= 4 is 36.3 Å². The number of aromatic nitrogens is 3. The second-order valence-corrected chi connectivity index (χ2v) is 5.79. The number of nitrogens with one attached hydrogen (secondary N) is 3. The molecule has 0 radical (unpaired) electrons. The van der Waals surface area contributed by atoms with E-state index >= 15 is 0 Å². The lowest BCUT2D eigenvalue weighted by Crippen LogP contribution is -2.34. The zero-order valence-corrected chi connectivity index (χ0v) is 16.0. The molecule has 29 heavy (non-hydrogen) atoms. The number of esters is 2. The molecule has 0 atom stereocenters. The van der Waals surface area contributed by atoms with Gasteiger partial charge >= 0.3 is 11.9 Å². The van der Waals surface area contributed by atoms with Gasteiger partial charge < -0.3 is 19.2 Å². The summed E-state index contributed by atoms with van der Waals surface area (Å²) in [6.45, 7) is 2.04. The Morgan fingerprint density at radius 1 is 1.14 bits per heavy atom. The van der Waals surface area contributed by atoms with Crippen LogP contribution in [-0.4, -0.2) is 60.4 Å². The molecule has 3 rings (SSSR count). The van der Waals surface area contributed by atoms with E-state index in [-0.39, 0.29) is 40.9 Å². The summed E-state index contributed by atoms with van der Waals surface area (Å²) in [5.74, 6) is -0.745. The molecule has 0 saturated carbocycles. The molecule has 0 aromatic carbocycles. The first-order valence-electron chi connectivity index (χ1n) is 8.62. The highest BCUT2D eigenvalue weighted by Crippen LogP contribution is 2.28. The van der Waals surface area contributed by atoms with Gasteiger partial charge in [-0.3, -0.25) is 19.8 Å². The van der Waals surface area contributed by atoms with E-state index in [0.717, 1.165) is 0 Å². The van der Waals surface area contributed by atoms with Crippen LogP contribution in [0.3, 0.4) is 0 Å². The number of nitrogens with zero attached hydrogens (tertiary/aromatic N) is 2. The maximum Gasteiger partial charge on any atom is 0.340 e. The summed E-state index contributed by atoms with van der Waals surface area (Å²) >= 11 is 0. The van der Waals surface area contributed by atoms with Crippen LogP contribution in [0.1, 0.15) is 28.5 Å². The van der Waals surface area contributed by atoms with Crippen molar-refractivity contribution in [2.75, 3.05) is 20.8 Å². The number of ether oxygens (including phenoxy) is 3. The van der Waals surface area contributed by atoms with Crippen LogP contribution in [0.15, 0.2) is 14.8 Å². The maximum atomic E-state index is 12.5. The van der Waals surface area contributed by atoms with Gasteiger partial charge in [0.05, 0.1) is 43.7 Å². The van der Waals surface area contributed by atoms with Crippen molar-refractivity contribution in [3.8, 4) is 5.88 Å². The molecule has 152 valence electrons. The minimum Gasteiger partial charge on any atom is -0.479 e.